The van der Waals surface area contributed by atoms with E-state index in [1.165, 1.54) is 20.8 Å². The molecule has 9 aliphatic rings. The minimum Gasteiger partial charge on any atom is -0.390 e. The van der Waals surface area contributed by atoms with Gasteiger partial charge in [-0.1, -0.05) is 37.1 Å². The highest BCUT2D eigenvalue weighted by atomic mass is 32.3. The van der Waals surface area contributed by atoms with Crippen molar-refractivity contribution in [3.05, 3.63) is 23.3 Å². The highest BCUT2D eigenvalue weighted by molar-refractivity contribution is 7.80. The summed E-state index contributed by atoms with van der Waals surface area (Å²) in [5.74, 6) is -0.948. The van der Waals surface area contributed by atoms with Crippen LogP contribution in [-0.4, -0.2) is 258 Å². The number of fused-ring (bicyclic) bond motifs is 5. The minimum atomic E-state index is -4.87. The van der Waals surface area contributed by atoms with E-state index in [-0.39, 0.29) is 37.0 Å². The molecule has 8 fully saturated rings. The fourth-order valence-corrected chi connectivity index (χ4v) is 15.7. The molecular weight excluding hydrogens is 1120 g/mol. The Balaban J connectivity index is 0.976. The standard InChI is InChI=1S/C55H90O27S/c1-21(2)9-12-34(57)55(8,68)33-11-10-27-26-18-31(29-17-25(82-83(69,70)71)13-15-53(29,6)28(26)14-16-54(27,33)7)77-50-44(67)45(37(60)24(5)76-50)79-52-47(81-49-43(66)41(64)36(59)23(4)75-49)39(62)32(20-73-52)78-51-46(38(61)30(56)19-72-51)80-48-42(65)40(63)35(58)22(3)74-48/h9,14,22-27,29-52,56-68H,10-13,15-20H2,1-8H3,(H,69,70,71)/t22-,23-,24-,25+,26?,27?,29?,30-,31+,32-,33+,34+,35+,36-,37-,38+,39+,40+,41+,42-,43-,44-,45+,46-,47-,48+,49+,50+,51+,52+,53-,54+,55-/m1/s1. The Morgan fingerprint density at radius 3 is 1.77 bits per heavy atom. The molecule has 27 nitrogen and oxygen atoms in total. The molecule has 33 atom stereocenters. The van der Waals surface area contributed by atoms with Crippen LogP contribution in [-0.2, 0) is 62.0 Å². The Bertz CT molecular complexity index is 2380. The molecule has 0 radical (unpaired) electrons. The van der Waals surface area contributed by atoms with Gasteiger partial charge in [-0.15, -0.1) is 0 Å². The lowest BCUT2D eigenvalue weighted by molar-refractivity contribution is -0.394. The van der Waals surface area contributed by atoms with Gasteiger partial charge in [0.2, 0.25) is 0 Å². The molecule has 4 aliphatic carbocycles. The second kappa shape index (κ2) is 25.4. The highest BCUT2D eigenvalue weighted by Crippen LogP contribution is 2.67. The molecule has 0 aromatic heterocycles. The average molecular weight is 1220 g/mol. The molecule has 478 valence electrons. The van der Waals surface area contributed by atoms with Crippen LogP contribution < -0.4 is 0 Å². The maximum absolute atomic E-state index is 12.4. The Kier molecular flexibility index (Phi) is 20.1. The van der Waals surface area contributed by atoms with Gasteiger partial charge in [-0.25, -0.2) is 4.18 Å². The van der Waals surface area contributed by atoms with Crippen molar-refractivity contribution in [2.24, 2.45) is 34.5 Å². The van der Waals surface area contributed by atoms with Gasteiger partial charge in [-0.05, 0) is 127 Å². The monoisotopic (exact) mass is 1210 g/mol. The van der Waals surface area contributed by atoms with E-state index in [1.54, 1.807) is 6.92 Å². The third-order valence-corrected chi connectivity index (χ3v) is 20.6. The molecule has 5 heterocycles. The summed E-state index contributed by atoms with van der Waals surface area (Å²) in [5.41, 5.74) is -0.395. The summed E-state index contributed by atoms with van der Waals surface area (Å²) in [6.07, 6.45) is -33.2. The number of rotatable bonds is 16. The Morgan fingerprint density at radius 2 is 1.18 bits per heavy atom. The molecule has 14 N–H and O–H groups in total. The number of aliphatic hydroxyl groups is 13. The molecule has 3 unspecified atom stereocenters. The van der Waals surface area contributed by atoms with Crippen molar-refractivity contribution < 1.29 is 131 Å². The van der Waals surface area contributed by atoms with Crippen LogP contribution in [0.4, 0.5) is 0 Å². The molecular formula is C55H90O27S. The summed E-state index contributed by atoms with van der Waals surface area (Å²) in [7, 11) is -4.87. The quantitative estimate of drug-likeness (QED) is 0.0569. The van der Waals surface area contributed by atoms with Gasteiger partial charge in [0.1, 0.15) is 91.6 Å². The van der Waals surface area contributed by atoms with E-state index in [2.05, 4.69) is 19.9 Å². The van der Waals surface area contributed by atoms with Gasteiger partial charge in [0.15, 0.2) is 31.5 Å². The highest BCUT2D eigenvalue weighted by Gasteiger charge is 2.64. The summed E-state index contributed by atoms with van der Waals surface area (Å²) in [6, 6.07) is 0. The number of hydrogen-bond donors (Lipinski definition) is 14. The van der Waals surface area contributed by atoms with Gasteiger partial charge in [0.25, 0.3) is 0 Å². The van der Waals surface area contributed by atoms with E-state index in [9.17, 15) is 79.4 Å². The first-order valence-corrected chi connectivity index (χ1v) is 30.5. The zero-order valence-corrected chi connectivity index (χ0v) is 48.8. The van der Waals surface area contributed by atoms with Crippen LogP contribution in [0.2, 0.25) is 0 Å². The molecule has 5 saturated heterocycles. The average Bonchev–Trinajstić information content (AvgIpc) is 2.34. The number of hydrogen-bond acceptors (Lipinski definition) is 26. The van der Waals surface area contributed by atoms with E-state index in [0.717, 1.165) is 11.1 Å². The Labute approximate surface area is 482 Å². The summed E-state index contributed by atoms with van der Waals surface area (Å²) >= 11 is 0. The van der Waals surface area contributed by atoms with Crippen molar-refractivity contribution in [1.82, 2.24) is 0 Å². The van der Waals surface area contributed by atoms with Crippen molar-refractivity contribution in [3.8, 4) is 0 Å². The molecule has 0 spiro atoms. The van der Waals surface area contributed by atoms with E-state index in [0.29, 0.717) is 32.1 Å². The molecule has 9 rings (SSSR count). The molecule has 0 aromatic rings. The van der Waals surface area contributed by atoms with Crippen molar-refractivity contribution >= 4 is 10.4 Å². The van der Waals surface area contributed by atoms with Gasteiger partial charge in [-0.3, -0.25) is 4.55 Å². The van der Waals surface area contributed by atoms with Crippen molar-refractivity contribution in [2.75, 3.05) is 13.2 Å². The second-order valence-corrected chi connectivity index (χ2v) is 26.9. The molecule has 0 bridgehead atoms. The van der Waals surface area contributed by atoms with Gasteiger partial charge in [-0.2, -0.15) is 8.42 Å². The molecule has 83 heavy (non-hydrogen) atoms. The SMILES string of the molecule is CC(C)=CC[C@H](O)[C@](C)(O)[C@H]1CCC2C3C[C@H](O[C@@H]4O[C@H](C)[C@@H](O)[C@H](O[C@@H]5OC[C@@H](O[C@@H]6OC[C@@H](O)[C@H](O)[C@H]6O[C@@H]6O[C@H](C)[C@H](O)[C@H](O)[C@H]6O)[C@H](O)[C@H]5O[C@@H]5O[C@H](C)[C@@H](O)[C@H](O)[C@H]5O)[C@H]4O)C4C[C@@H](OS(=O)(=O)O)CC[C@]4(C)C3=CC[C@@]21C. The summed E-state index contributed by atoms with van der Waals surface area (Å²) in [6.45, 7) is 12.9. The number of ether oxygens (including phenoxy) is 10. The van der Waals surface area contributed by atoms with E-state index < -0.39 is 206 Å². The van der Waals surface area contributed by atoms with Crippen molar-refractivity contribution in [2.45, 2.75) is 272 Å². The largest absolute Gasteiger partial charge is 0.397 e. The molecule has 0 amide bonds. The zero-order valence-electron chi connectivity index (χ0n) is 48.0. The third kappa shape index (κ3) is 13.0. The summed E-state index contributed by atoms with van der Waals surface area (Å²) in [5, 5.41) is 146. The number of allylic oxidation sites excluding steroid dienone is 3. The first-order chi connectivity index (χ1) is 38.8. The maximum Gasteiger partial charge on any atom is 0.397 e. The second-order valence-electron chi connectivity index (χ2n) is 25.8. The lowest BCUT2D eigenvalue weighted by atomic mass is 9.47. The fourth-order valence-electron chi connectivity index (χ4n) is 15.2. The van der Waals surface area contributed by atoms with Crippen LogP contribution in [0.1, 0.15) is 107 Å². The third-order valence-electron chi connectivity index (χ3n) is 20.1. The number of aliphatic hydroxyl groups excluding tert-OH is 12. The fraction of sp³-hybridized carbons (Fsp3) is 0.927. The van der Waals surface area contributed by atoms with Crippen LogP contribution in [0.25, 0.3) is 0 Å². The smallest absolute Gasteiger partial charge is 0.390 e. The van der Waals surface area contributed by atoms with Crippen LogP contribution >= 0.6 is 0 Å². The summed E-state index contributed by atoms with van der Waals surface area (Å²) in [4.78, 5) is 0. The molecule has 28 heteroatoms. The Hall–Kier alpha value is -1.57. The normalized spacial score (nSPS) is 51.6. The van der Waals surface area contributed by atoms with Crippen LogP contribution in [0.3, 0.4) is 0 Å². The first kappa shape index (κ1) is 65.9. The van der Waals surface area contributed by atoms with Crippen molar-refractivity contribution in [1.29, 1.82) is 0 Å². The molecule has 5 aliphatic heterocycles. The summed E-state index contributed by atoms with van der Waals surface area (Å²) < 4.78 is 100. The Morgan fingerprint density at radius 1 is 0.651 bits per heavy atom. The van der Waals surface area contributed by atoms with Crippen LogP contribution in [0, 0.1) is 34.5 Å². The van der Waals surface area contributed by atoms with Gasteiger partial charge in [0.05, 0.1) is 55.4 Å². The predicted molar refractivity (Wildman–Crippen MR) is 281 cm³/mol. The topological polar surface area (TPSA) is 419 Å². The van der Waals surface area contributed by atoms with E-state index in [4.69, 9.17) is 51.6 Å². The van der Waals surface area contributed by atoms with Gasteiger partial charge >= 0.3 is 10.4 Å². The minimum absolute atomic E-state index is 0.00986. The lowest BCUT2D eigenvalue weighted by Gasteiger charge is -2.60. The first-order valence-electron chi connectivity index (χ1n) is 29.1. The maximum atomic E-state index is 12.4. The molecule has 0 aromatic carbocycles. The van der Waals surface area contributed by atoms with Gasteiger partial charge < -0.3 is 114 Å². The van der Waals surface area contributed by atoms with E-state index >= 15 is 0 Å². The van der Waals surface area contributed by atoms with E-state index in [1.807, 2.05) is 19.9 Å². The lowest BCUT2D eigenvalue weighted by Crippen LogP contribution is -2.66. The molecule has 3 saturated carbocycles. The predicted octanol–water partition coefficient (Wildman–Crippen LogP) is -2.33. The zero-order chi connectivity index (χ0) is 60.7. The van der Waals surface area contributed by atoms with Crippen LogP contribution in [0.15, 0.2) is 23.3 Å². The van der Waals surface area contributed by atoms with Crippen LogP contribution in [0.5, 0.6) is 0 Å². The van der Waals surface area contributed by atoms with Gasteiger partial charge in [0, 0.05) is 0 Å². The van der Waals surface area contributed by atoms with Crippen molar-refractivity contribution in [3.63, 3.8) is 0 Å².